The van der Waals surface area contributed by atoms with Gasteiger partial charge in [0.2, 0.25) is 0 Å². The molecule has 0 heterocycles. The molecular weight excluding hydrogens is 191 g/mol. The number of aliphatic carboxylic acids is 1. The molecule has 0 aromatic carbocycles. The van der Waals surface area contributed by atoms with Gasteiger partial charge in [0.15, 0.2) is 7.37 Å². The van der Waals surface area contributed by atoms with Gasteiger partial charge in [-0.25, -0.2) is 0 Å². The molecule has 78 valence electrons. The van der Waals surface area contributed by atoms with Gasteiger partial charge >= 0.3 is 5.97 Å². The van der Waals surface area contributed by atoms with Crippen molar-refractivity contribution < 1.29 is 19.0 Å². The second-order valence-electron chi connectivity index (χ2n) is 3.18. The molecule has 2 atom stereocenters. The van der Waals surface area contributed by atoms with Crippen molar-refractivity contribution in [2.45, 2.75) is 20.3 Å². The van der Waals surface area contributed by atoms with Crippen LogP contribution in [0.3, 0.4) is 0 Å². The first-order chi connectivity index (χ1) is 5.89. The first-order valence-corrected chi connectivity index (χ1v) is 6.58. The summed E-state index contributed by atoms with van der Waals surface area (Å²) >= 11 is 0. The summed E-state index contributed by atoms with van der Waals surface area (Å²) in [5.74, 6) is -1.30. The zero-order valence-electron chi connectivity index (χ0n) is 8.32. The van der Waals surface area contributed by atoms with Gasteiger partial charge in [-0.3, -0.25) is 9.36 Å². The van der Waals surface area contributed by atoms with Gasteiger partial charge in [-0.05, 0) is 13.3 Å². The highest BCUT2D eigenvalue weighted by atomic mass is 31.2. The van der Waals surface area contributed by atoms with Gasteiger partial charge in [-0.15, -0.1) is 0 Å². The van der Waals surface area contributed by atoms with Crippen LogP contribution in [0, 0.1) is 5.92 Å². The third-order valence-electron chi connectivity index (χ3n) is 1.79. The largest absolute Gasteiger partial charge is 0.481 e. The fourth-order valence-electron chi connectivity index (χ4n) is 0.889. The summed E-state index contributed by atoms with van der Waals surface area (Å²) < 4.78 is 16.5. The maximum absolute atomic E-state index is 11.5. The molecule has 0 spiro atoms. The molecular formula is C8H17O4P. The van der Waals surface area contributed by atoms with Gasteiger partial charge in [0.25, 0.3) is 0 Å². The summed E-state index contributed by atoms with van der Waals surface area (Å²) in [4.78, 5) is 10.4. The predicted molar refractivity (Wildman–Crippen MR) is 51.4 cm³/mol. The van der Waals surface area contributed by atoms with E-state index in [0.29, 0.717) is 19.2 Å². The molecule has 0 bridgehead atoms. The number of hydrogen-bond acceptors (Lipinski definition) is 3. The summed E-state index contributed by atoms with van der Waals surface area (Å²) in [5, 5.41) is 8.58. The lowest BCUT2D eigenvalue weighted by molar-refractivity contribution is -0.141. The highest BCUT2D eigenvalue weighted by molar-refractivity contribution is 7.58. The van der Waals surface area contributed by atoms with Crippen LogP contribution in [0.2, 0.25) is 0 Å². The van der Waals surface area contributed by atoms with Crippen molar-refractivity contribution in [3.63, 3.8) is 0 Å². The Hall–Kier alpha value is -0.340. The van der Waals surface area contributed by atoms with E-state index in [1.54, 1.807) is 20.5 Å². The lowest BCUT2D eigenvalue weighted by Gasteiger charge is -2.13. The molecule has 5 heteroatoms. The van der Waals surface area contributed by atoms with E-state index in [1.165, 1.54) is 0 Å². The average Bonchev–Trinajstić information content (AvgIpc) is 2.00. The molecule has 0 aromatic heterocycles. The molecule has 0 aliphatic rings. The number of carboxylic acids is 1. The zero-order chi connectivity index (χ0) is 10.5. The molecule has 0 fully saturated rings. The van der Waals surface area contributed by atoms with Gasteiger partial charge in [-0.2, -0.15) is 0 Å². The lowest BCUT2D eigenvalue weighted by atomic mass is 10.1. The number of carboxylic acid groups (broad SMARTS) is 1. The van der Waals surface area contributed by atoms with Crippen LogP contribution < -0.4 is 0 Å². The lowest BCUT2D eigenvalue weighted by Crippen LogP contribution is -2.11. The average molecular weight is 208 g/mol. The third-order valence-corrected chi connectivity index (χ3v) is 3.67. The van der Waals surface area contributed by atoms with Crippen LogP contribution in [0.1, 0.15) is 20.3 Å². The van der Waals surface area contributed by atoms with Crippen LogP contribution in [-0.2, 0) is 13.9 Å². The van der Waals surface area contributed by atoms with E-state index in [9.17, 15) is 9.36 Å². The maximum atomic E-state index is 11.5. The molecule has 0 rings (SSSR count). The Labute approximate surface area is 78.7 Å². The van der Waals surface area contributed by atoms with E-state index >= 15 is 0 Å². The first-order valence-electron chi connectivity index (χ1n) is 4.33. The van der Waals surface area contributed by atoms with Gasteiger partial charge in [0, 0.05) is 12.8 Å². The SMILES string of the molecule is CCOP(C)(=O)CCC(C)C(=O)O. The molecule has 0 aliphatic carbocycles. The Morgan fingerprint density at radius 1 is 1.62 bits per heavy atom. The Bertz CT molecular complexity index is 214. The number of hydrogen-bond donors (Lipinski definition) is 1. The smallest absolute Gasteiger partial charge is 0.306 e. The van der Waals surface area contributed by atoms with Crippen LogP contribution in [0.25, 0.3) is 0 Å². The summed E-state index contributed by atoms with van der Waals surface area (Å²) in [6.07, 6.45) is 0.747. The van der Waals surface area contributed by atoms with E-state index in [1.807, 2.05) is 0 Å². The molecule has 0 amide bonds. The summed E-state index contributed by atoms with van der Waals surface area (Å²) in [5.41, 5.74) is 0. The molecule has 1 N–H and O–H groups in total. The van der Waals surface area contributed by atoms with Gasteiger partial charge in [-0.1, -0.05) is 6.92 Å². The molecule has 0 aromatic rings. The van der Waals surface area contributed by atoms with Crippen molar-refractivity contribution in [2.24, 2.45) is 5.92 Å². The number of rotatable bonds is 6. The van der Waals surface area contributed by atoms with Crippen LogP contribution in [-0.4, -0.2) is 30.5 Å². The predicted octanol–water partition coefficient (Wildman–Crippen LogP) is 2.04. The minimum absolute atomic E-state index is 0.342. The standard InChI is InChI=1S/C8H17O4P/c1-4-12-13(3,11)6-5-7(2)8(9)10/h7H,4-6H2,1-3H3,(H,9,10). The van der Waals surface area contributed by atoms with Gasteiger partial charge < -0.3 is 9.63 Å². The molecule has 0 saturated carbocycles. The van der Waals surface area contributed by atoms with Crippen molar-refractivity contribution in [3.05, 3.63) is 0 Å². The van der Waals surface area contributed by atoms with Crippen LogP contribution in [0.5, 0.6) is 0 Å². The van der Waals surface area contributed by atoms with E-state index in [2.05, 4.69) is 0 Å². The van der Waals surface area contributed by atoms with Gasteiger partial charge in [0.1, 0.15) is 0 Å². The molecule has 0 saturated heterocycles. The normalized spacial score (nSPS) is 17.8. The van der Waals surface area contributed by atoms with Gasteiger partial charge in [0.05, 0.1) is 12.5 Å². The van der Waals surface area contributed by atoms with E-state index in [-0.39, 0.29) is 0 Å². The van der Waals surface area contributed by atoms with Crippen LogP contribution in [0.15, 0.2) is 0 Å². The highest BCUT2D eigenvalue weighted by Gasteiger charge is 2.19. The molecule has 4 nitrogen and oxygen atoms in total. The van der Waals surface area contributed by atoms with E-state index < -0.39 is 19.3 Å². The van der Waals surface area contributed by atoms with Crippen molar-refractivity contribution in [1.29, 1.82) is 0 Å². The van der Waals surface area contributed by atoms with Crippen molar-refractivity contribution in [3.8, 4) is 0 Å². The highest BCUT2D eigenvalue weighted by Crippen LogP contribution is 2.43. The maximum Gasteiger partial charge on any atom is 0.306 e. The summed E-state index contributed by atoms with van der Waals surface area (Å²) in [7, 11) is -2.55. The quantitative estimate of drug-likeness (QED) is 0.678. The minimum atomic E-state index is -2.55. The summed E-state index contributed by atoms with van der Waals surface area (Å²) in [6, 6.07) is 0. The minimum Gasteiger partial charge on any atom is -0.481 e. The van der Waals surface area contributed by atoms with Crippen molar-refractivity contribution in [2.75, 3.05) is 19.4 Å². The van der Waals surface area contributed by atoms with E-state index in [4.69, 9.17) is 9.63 Å². The third kappa shape index (κ3) is 5.83. The van der Waals surface area contributed by atoms with Crippen LogP contribution >= 0.6 is 7.37 Å². The fraction of sp³-hybridized carbons (Fsp3) is 0.875. The molecule has 0 radical (unpaired) electrons. The molecule has 0 aliphatic heterocycles. The van der Waals surface area contributed by atoms with E-state index in [0.717, 1.165) is 0 Å². The fourth-order valence-corrected chi connectivity index (χ4v) is 2.42. The number of carbonyl (C=O) groups is 1. The molecule has 13 heavy (non-hydrogen) atoms. The molecule has 2 unspecified atom stereocenters. The Kier molecular flexibility index (Phi) is 5.26. The summed E-state index contributed by atoms with van der Waals surface area (Å²) in [6.45, 7) is 5.34. The van der Waals surface area contributed by atoms with Crippen molar-refractivity contribution >= 4 is 13.3 Å². The second-order valence-corrected chi connectivity index (χ2v) is 5.92. The second kappa shape index (κ2) is 5.40. The zero-order valence-corrected chi connectivity index (χ0v) is 9.21. The Morgan fingerprint density at radius 2 is 2.15 bits per heavy atom. The van der Waals surface area contributed by atoms with Crippen LogP contribution in [0.4, 0.5) is 0 Å². The monoisotopic (exact) mass is 208 g/mol. The Morgan fingerprint density at radius 3 is 2.54 bits per heavy atom. The topological polar surface area (TPSA) is 63.6 Å². The van der Waals surface area contributed by atoms with Crippen molar-refractivity contribution in [1.82, 2.24) is 0 Å². The first kappa shape index (κ1) is 12.7. The Balaban J connectivity index is 3.87.